The standard InChI is InChI=1S/C23H25ClFN5O3S/c1-29-8-14-11-33-12-15(9-29)30(14)10-18-19(23(31)32-2)20(16-4-3-13(25)7-17(16)24)28-21(27-18)22-26-5-6-34-22/h3-7,14-15,20H,8-12H2,1-2H3,(H,27,28)/t14-,15?,20?/m1/s1. The molecule has 180 valence electrons. The van der Waals surface area contributed by atoms with E-state index >= 15 is 0 Å². The fraction of sp³-hybridized carbons (Fsp3) is 0.435. The van der Waals surface area contributed by atoms with E-state index in [4.69, 9.17) is 26.1 Å². The number of halogens is 2. The fourth-order valence-corrected chi connectivity index (χ4v) is 5.71. The quantitative estimate of drug-likeness (QED) is 0.625. The van der Waals surface area contributed by atoms with Gasteiger partial charge in [-0.25, -0.2) is 14.2 Å². The normalized spacial score (nSPS) is 25.6. The van der Waals surface area contributed by atoms with Gasteiger partial charge in [-0.3, -0.25) is 9.89 Å². The first-order valence-electron chi connectivity index (χ1n) is 11.0. The summed E-state index contributed by atoms with van der Waals surface area (Å²) in [5.74, 6) is -0.426. The third kappa shape index (κ3) is 4.48. The number of aliphatic imine (C=N–C) groups is 1. The molecule has 8 nitrogen and oxygen atoms in total. The van der Waals surface area contributed by atoms with E-state index in [1.807, 2.05) is 5.38 Å². The van der Waals surface area contributed by atoms with Gasteiger partial charge in [0, 0.05) is 59.6 Å². The maximum Gasteiger partial charge on any atom is 0.338 e. The number of rotatable bonds is 5. The van der Waals surface area contributed by atoms with Crippen molar-refractivity contribution in [2.24, 2.45) is 4.99 Å². The number of esters is 1. The molecule has 0 saturated carbocycles. The maximum absolute atomic E-state index is 13.8. The van der Waals surface area contributed by atoms with Gasteiger partial charge in [0.1, 0.15) is 11.9 Å². The SMILES string of the molecule is COC(=O)C1=C(CN2C3COC[C@H]2CN(C)C3)NC(c2nccs2)=NC1c1ccc(F)cc1Cl. The predicted octanol–water partition coefficient (Wildman–Crippen LogP) is 2.47. The third-order valence-corrected chi connectivity index (χ3v) is 7.47. The first kappa shape index (κ1) is 23.4. The molecule has 1 N–H and O–H groups in total. The molecule has 2 fully saturated rings. The van der Waals surface area contributed by atoms with Gasteiger partial charge in [-0.15, -0.1) is 11.3 Å². The molecule has 34 heavy (non-hydrogen) atoms. The van der Waals surface area contributed by atoms with Crippen molar-refractivity contribution in [1.82, 2.24) is 20.1 Å². The predicted molar refractivity (Wildman–Crippen MR) is 128 cm³/mol. The average Bonchev–Trinajstić information content (AvgIpc) is 3.34. The lowest BCUT2D eigenvalue weighted by Gasteiger charge is -2.49. The molecule has 0 spiro atoms. The Balaban J connectivity index is 1.60. The van der Waals surface area contributed by atoms with Crippen molar-refractivity contribution in [3.05, 3.63) is 62.5 Å². The molecule has 2 saturated heterocycles. The van der Waals surface area contributed by atoms with Crippen LogP contribution < -0.4 is 5.32 Å². The zero-order valence-corrected chi connectivity index (χ0v) is 20.4. The molecule has 4 heterocycles. The van der Waals surface area contributed by atoms with Gasteiger partial charge in [-0.05, 0) is 19.2 Å². The van der Waals surface area contributed by atoms with Crippen LogP contribution in [-0.4, -0.2) is 85.7 Å². The highest BCUT2D eigenvalue weighted by Crippen LogP contribution is 2.37. The van der Waals surface area contributed by atoms with Crippen LogP contribution in [0.5, 0.6) is 0 Å². The van der Waals surface area contributed by atoms with E-state index in [0.29, 0.717) is 47.4 Å². The molecule has 2 unspecified atom stereocenters. The molecule has 3 aliphatic heterocycles. The monoisotopic (exact) mass is 505 g/mol. The first-order valence-corrected chi connectivity index (χ1v) is 12.2. The zero-order valence-electron chi connectivity index (χ0n) is 18.8. The lowest BCUT2D eigenvalue weighted by Crippen LogP contribution is -2.64. The Morgan fingerprint density at radius 2 is 2.12 bits per heavy atom. The van der Waals surface area contributed by atoms with Crippen molar-refractivity contribution in [2.75, 3.05) is 47.0 Å². The molecule has 1 aromatic heterocycles. The Hall–Kier alpha value is -2.37. The van der Waals surface area contributed by atoms with E-state index in [1.165, 1.54) is 30.6 Å². The number of likely N-dealkylation sites (N-methyl/N-ethyl adjacent to an activating group) is 1. The Morgan fingerprint density at radius 3 is 2.76 bits per heavy atom. The Morgan fingerprint density at radius 1 is 1.35 bits per heavy atom. The van der Waals surface area contributed by atoms with Gasteiger partial charge in [0.2, 0.25) is 0 Å². The molecule has 11 heteroatoms. The second kappa shape index (κ2) is 9.71. The van der Waals surface area contributed by atoms with Crippen LogP contribution in [0.2, 0.25) is 5.02 Å². The van der Waals surface area contributed by atoms with Gasteiger partial charge in [-0.2, -0.15) is 0 Å². The number of hydrogen-bond donors (Lipinski definition) is 1. The van der Waals surface area contributed by atoms with Crippen molar-refractivity contribution in [2.45, 2.75) is 18.1 Å². The number of morpholine rings is 1. The summed E-state index contributed by atoms with van der Waals surface area (Å²) in [4.78, 5) is 27.0. The lowest BCUT2D eigenvalue weighted by molar-refractivity contribution is -0.136. The first-order chi connectivity index (χ1) is 16.4. The average molecular weight is 506 g/mol. The molecule has 3 aliphatic rings. The zero-order chi connectivity index (χ0) is 23.8. The number of ether oxygens (including phenoxy) is 2. The number of methoxy groups -OCH3 is 1. The summed E-state index contributed by atoms with van der Waals surface area (Å²) >= 11 is 7.87. The molecule has 2 aromatic rings. The van der Waals surface area contributed by atoms with Crippen molar-refractivity contribution in [1.29, 1.82) is 0 Å². The van der Waals surface area contributed by atoms with E-state index in [2.05, 4.69) is 27.1 Å². The number of aromatic nitrogens is 1. The molecule has 0 aliphatic carbocycles. The minimum Gasteiger partial charge on any atom is -0.466 e. The van der Waals surface area contributed by atoms with Gasteiger partial charge in [-0.1, -0.05) is 17.7 Å². The van der Waals surface area contributed by atoms with Crippen LogP contribution in [0.3, 0.4) is 0 Å². The molecule has 3 atom stereocenters. The topological polar surface area (TPSA) is 79.3 Å². The minimum absolute atomic E-state index is 0.194. The van der Waals surface area contributed by atoms with E-state index in [-0.39, 0.29) is 17.1 Å². The third-order valence-electron chi connectivity index (χ3n) is 6.37. The number of piperazine rings is 1. The summed E-state index contributed by atoms with van der Waals surface area (Å²) in [6, 6.07) is 3.74. The Labute approximate surface area is 206 Å². The van der Waals surface area contributed by atoms with Crippen molar-refractivity contribution in [3.8, 4) is 0 Å². The molecular formula is C23H25ClFN5O3S. The van der Waals surface area contributed by atoms with E-state index in [1.54, 1.807) is 12.3 Å². The van der Waals surface area contributed by atoms with Crippen LogP contribution in [0.25, 0.3) is 0 Å². The van der Waals surface area contributed by atoms with E-state index in [0.717, 1.165) is 13.1 Å². The summed E-state index contributed by atoms with van der Waals surface area (Å²) in [6.07, 6.45) is 1.70. The number of thiazole rings is 1. The van der Waals surface area contributed by atoms with Gasteiger partial charge in [0.25, 0.3) is 0 Å². The van der Waals surface area contributed by atoms with Crippen LogP contribution in [0.15, 0.2) is 46.0 Å². The number of carbonyl (C=O) groups excluding carboxylic acids is 1. The minimum atomic E-state index is -0.765. The highest BCUT2D eigenvalue weighted by Gasteiger charge is 2.40. The van der Waals surface area contributed by atoms with Crippen molar-refractivity contribution in [3.63, 3.8) is 0 Å². The van der Waals surface area contributed by atoms with Gasteiger partial charge in [0.15, 0.2) is 10.8 Å². The van der Waals surface area contributed by atoms with Gasteiger partial charge in [0.05, 0.1) is 25.9 Å². The molecule has 2 bridgehead atoms. The summed E-state index contributed by atoms with van der Waals surface area (Å²) in [5.41, 5.74) is 1.56. The highest BCUT2D eigenvalue weighted by atomic mass is 35.5. The second-order valence-electron chi connectivity index (χ2n) is 8.63. The van der Waals surface area contributed by atoms with E-state index in [9.17, 15) is 9.18 Å². The second-order valence-corrected chi connectivity index (χ2v) is 9.93. The molecule has 5 rings (SSSR count). The number of nitrogens with one attached hydrogen (secondary N) is 1. The number of amidine groups is 1. The van der Waals surface area contributed by atoms with Crippen molar-refractivity contribution >= 4 is 34.7 Å². The fourth-order valence-electron chi connectivity index (χ4n) is 4.85. The van der Waals surface area contributed by atoms with Gasteiger partial charge < -0.3 is 19.7 Å². The van der Waals surface area contributed by atoms with Gasteiger partial charge >= 0.3 is 5.97 Å². The molecule has 0 radical (unpaired) electrons. The molecule has 0 amide bonds. The summed E-state index contributed by atoms with van der Waals surface area (Å²) in [5, 5.41) is 6.11. The largest absolute Gasteiger partial charge is 0.466 e. The van der Waals surface area contributed by atoms with Crippen LogP contribution in [-0.2, 0) is 14.3 Å². The molecule has 1 aromatic carbocycles. The smallest absolute Gasteiger partial charge is 0.338 e. The maximum atomic E-state index is 13.8. The van der Waals surface area contributed by atoms with Crippen LogP contribution >= 0.6 is 22.9 Å². The lowest BCUT2D eigenvalue weighted by atomic mass is 9.94. The number of hydrogen-bond acceptors (Lipinski definition) is 9. The number of benzene rings is 1. The summed E-state index contributed by atoms with van der Waals surface area (Å²) in [6.45, 7) is 3.48. The summed E-state index contributed by atoms with van der Waals surface area (Å²) < 4.78 is 24.8. The van der Waals surface area contributed by atoms with Crippen LogP contribution in [0.4, 0.5) is 4.39 Å². The van der Waals surface area contributed by atoms with Crippen LogP contribution in [0.1, 0.15) is 16.6 Å². The number of carbonyl (C=O) groups is 1. The number of fused-ring (bicyclic) bond motifs is 2. The van der Waals surface area contributed by atoms with Crippen molar-refractivity contribution < 1.29 is 18.7 Å². The van der Waals surface area contributed by atoms with E-state index < -0.39 is 17.8 Å². The van der Waals surface area contributed by atoms with Crippen LogP contribution in [0, 0.1) is 5.82 Å². The highest BCUT2D eigenvalue weighted by molar-refractivity contribution is 7.11. The molecular weight excluding hydrogens is 481 g/mol. The Kier molecular flexibility index (Phi) is 6.67. The Bertz CT molecular complexity index is 1130. The number of nitrogens with zero attached hydrogens (tertiary/aromatic N) is 4. The summed E-state index contributed by atoms with van der Waals surface area (Å²) in [7, 11) is 3.45.